The number of ketones is 1. The summed E-state index contributed by atoms with van der Waals surface area (Å²) in [7, 11) is 0. The molecule has 0 N–H and O–H groups in total. The molecule has 2 aromatic rings. The molecule has 1 aromatic carbocycles. The van der Waals surface area contributed by atoms with Crippen LogP contribution in [0.5, 0.6) is 11.5 Å². The van der Waals surface area contributed by atoms with E-state index in [9.17, 15) is 14.9 Å². The van der Waals surface area contributed by atoms with Crippen molar-refractivity contribution in [2.75, 3.05) is 18.0 Å². The van der Waals surface area contributed by atoms with E-state index < -0.39 is 4.92 Å². The van der Waals surface area contributed by atoms with E-state index in [2.05, 4.69) is 11.9 Å². The molecule has 0 radical (unpaired) electrons. The summed E-state index contributed by atoms with van der Waals surface area (Å²) in [5.41, 5.74) is 0.935. The van der Waals surface area contributed by atoms with Gasteiger partial charge in [-0.1, -0.05) is 31.9 Å². The SMILES string of the molecule is CCCC1CCN(c2nccc(Oc3ccc(CCC(C)=O)cc3)c2[N+](=O)[O-])CC1. The predicted octanol–water partition coefficient (Wildman–Crippen LogP) is 5.32. The quantitative estimate of drug-likeness (QED) is 0.410. The van der Waals surface area contributed by atoms with Gasteiger partial charge < -0.3 is 14.4 Å². The topological polar surface area (TPSA) is 85.6 Å². The summed E-state index contributed by atoms with van der Waals surface area (Å²) in [6.45, 7) is 5.30. The van der Waals surface area contributed by atoms with Crippen molar-refractivity contribution in [2.24, 2.45) is 5.92 Å². The number of nitro groups is 1. The summed E-state index contributed by atoms with van der Waals surface area (Å²) in [6.07, 6.45) is 7.16. The van der Waals surface area contributed by atoms with Gasteiger partial charge in [0.25, 0.3) is 0 Å². The number of piperidine rings is 1. The Bertz CT molecular complexity index is 875. The number of nitrogens with zero attached hydrogens (tertiary/aromatic N) is 3. The van der Waals surface area contributed by atoms with Crippen LogP contribution in [0.2, 0.25) is 0 Å². The number of anilines is 1. The normalized spacial score (nSPS) is 14.5. The largest absolute Gasteiger partial charge is 0.450 e. The molecule has 1 aliphatic heterocycles. The summed E-state index contributed by atoms with van der Waals surface area (Å²) in [4.78, 5) is 28.9. The number of hydrogen-bond donors (Lipinski definition) is 0. The van der Waals surface area contributed by atoms with Crippen LogP contribution in [0.15, 0.2) is 36.5 Å². The number of Topliss-reactive ketones (excluding diaryl/α,β-unsaturated/α-hetero) is 1. The minimum atomic E-state index is -0.406. The third kappa shape index (κ3) is 5.55. The number of carbonyl (C=O) groups excluding carboxylic acids is 1. The van der Waals surface area contributed by atoms with Crippen molar-refractivity contribution in [1.82, 2.24) is 4.98 Å². The smallest absolute Gasteiger partial charge is 0.353 e. The zero-order valence-electron chi connectivity index (χ0n) is 17.7. The molecule has 1 saturated heterocycles. The second kappa shape index (κ2) is 10.2. The molecule has 0 atom stereocenters. The van der Waals surface area contributed by atoms with E-state index in [1.807, 2.05) is 17.0 Å². The summed E-state index contributed by atoms with van der Waals surface area (Å²) in [5.74, 6) is 1.92. The molecule has 0 amide bonds. The Morgan fingerprint density at radius 1 is 1.23 bits per heavy atom. The fourth-order valence-electron chi connectivity index (χ4n) is 3.92. The summed E-state index contributed by atoms with van der Waals surface area (Å²) < 4.78 is 5.87. The van der Waals surface area contributed by atoms with Crippen molar-refractivity contribution in [3.05, 3.63) is 52.2 Å². The standard InChI is InChI=1S/C23H29N3O4/c1-3-4-18-12-15-25(16-13-18)23-22(26(28)29)21(11-14-24-23)30-20-9-7-19(8-10-20)6-5-17(2)27/h7-11,14,18H,3-6,12-13,15-16H2,1-2H3. The predicted molar refractivity (Wildman–Crippen MR) is 116 cm³/mol. The Morgan fingerprint density at radius 3 is 2.53 bits per heavy atom. The van der Waals surface area contributed by atoms with Gasteiger partial charge in [0.05, 0.1) is 4.92 Å². The molecule has 0 unspecified atom stereocenters. The number of aromatic nitrogens is 1. The highest BCUT2D eigenvalue weighted by Crippen LogP contribution is 2.39. The molecule has 0 bridgehead atoms. The van der Waals surface area contributed by atoms with Gasteiger partial charge in [-0.3, -0.25) is 10.1 Å². The Labute approximate surface area is 177 Å². The molecule has 7 nitrogen and oxygen atoms in total. The first-order chi connectivity index (χ1) is 14.5. The molecular weight excluding hydrogens is 382 g/mol. The van der Waals surface area contributed by atoms with Crippen molar-refractivity contribution < 1.29 is 14.5 Å². The molecule has 0 saturated carbocycles. The molecule has 2 heterocycles. The van der Waals surface area contributed by atoms with Crippen LogP contribution in [0.4, 0.5) is 11.5 Å². The second-order valence-corrected chi connectivity index (χ2v) is 7.91. The van der Waals surface area contributed by atoms with Crippen LogP contribution < -0.4 is 9.64 Å². The summed E-state index contributed by atoms with van der Waals surface area (Å²) in [5, 5.41) is 11.9. The van der Waals surface area contributed by atoms with Crippen LogP contribution in [0.25, 0.3) is 0 Å². The van der Waals surface area contributed by atoms with E-state index in [0.717, 1.165) is 31.5 Å². The highest BCUT2D eigenvalue weighted by atomic mass is 16.6. The lowest BCUT2D eigenvalue weighted by Crippen LogP contribution is -2.34. The number of pyridine rings is 1. The van der Waals surface area contributed by atoms with Gasteiger partial charge in [0.15, 0.2) is 0 Å². The van der Waals surface area contributed by atoms with Crippen molar-refractivity contribution in [3.8, 4) is 11.5 Å². The average Bonchev–Trinajstić information content (AvgIpc) is 2.73. The van der Waals surface area contributed by atoms with Crippen molar-refractivity contribution in [1.29, 1.82) is 0 Å². The maximum absolute atomic E-state index is 11.9. The number of hydrogen-bond acceptors (Lipinski definition) is 6. The van der Waals surface area contributed by atoms with Crippen LogP contribution in [-0.2, 0) is 11.2 Å². The lowest BCUT2D eigenvalue weighted by molar-refractivity contribution is -0.385. The average molecular weight is 412 g/mol. The number of ether oxygens (including phenoxy) is 1. The Kier molecular flexibility index (Phi) is 7.38. The zero-order valence-corrected chi connectivity index (χ0v) is 17.7. The van der Waals surface area contributed by atoms with Crippen LogP contribution in [0, 0.1) is 16.0 Å². The summed E-state index contributed by atoms with van der Waals surface area (Å²) in [6, 6.07) is 8.84. The maximum Gasteiger partial charge on any atom is 0.353 e. The molecule has 1 aliphatic rings. The van der Waals surface area contributed by atoms with E-state index in [1.54, 1.807) is 25.3 Å². The highest BCUT2D eigenvalue weighted by molar-refractivity contribution is 5.75. The first-order valence-electron chi connectivity index (χ1n) is 10.6. The van der Waals surface area contributed by atoms with Crippen LogP contribution in [-0.4, -0.2) is 28.8 Å². The maximum atomic E-state index is 11.9. The van der Waals surface area contributed by atoms with Gasteiger partial charge in [-0.2, -0.15) is 0 Å². The van der Waals surface area contributed by atoms with Crippen molar-refractivity contribution in [3.63, 3.8) is 0 Å². The molecule has 1 aromatic heterocycles. The van der Waals surface area contributed by atoms with Crippen LogP contribution >= 0.6 is 0 Å². The number of benzene rings is 1. The second-order valence-electron chi connectivity index (χ2n) is 7.91. The lowest BCUT2D eigenvalue weighted by Gasteiger charge is -2.32. The van der Waals surface area contributed by atoms with E-state index >= 15 is 0 Å². The third-order valence-electron chi connectivity index (χ3n) is 5.58. The molecule has 30 heavy (non-hydrogen) atoms. The van der Waals surface area contributed by atoms with E-state index in [-0.39, 0.29) is 17.2 Å². The van der Waals surface area contributed by atoms with Crippen molar-refractivity contribution >= 4 is 17.3 Å². The van der Waals surface area contributed by atoms with Gasteiger partial charge in [-0.15, -0.1) is 0 Å². The molecule has 1 fully saturated rings. The minimum Gasteiger partial charge on any atom is -0.450 e. The fourth-order valence-corrected chi connectivity index (χ4v) is 3.92. The van der Waals surface area contributed by atoms with Gasteiger partial charge in [0.2, 0.25) is 11.6 Å². The Balaban J connectivity index is 1.76. The van der Waals surface area contributed by atoms with E-state index in [4.69, 9.17) is 4.74 Å². The number of rotatable bonds is 9. The highest BCUT2D eigenvalue weighted by Gasteiger charge is 2.29. The molecule has 7 heteroatoms. The first kappa shape index (κ1) is 21.7. The molecule has 160 valence electrons. The van der Waals surface area contributed by atoms with Gasteiger partial charge in [0.1, 0.15) is 11.5 Å². The van der Waals surface area contributed by atoms with Gasteiger partial charge in [-0.05, 0) is 49.8 Å². The third-order valence-corrected chi connectivity index (χ3v) is 5.58. The minimum absolute atomic E-state index is 0.0907. The molecule has 0 spiro atoms. The fraction of sp³-hybridized carbons (Fsp3) is 0.478. The van der Waals surface area contributed by atoms with Crippen LogP contribution in [0.3, 0.4) is 0 Å². The van der Waals surface area contributed by atoms with Crippen molar-refractivity contribution in [2.45, 2.75) is 52.4 Å². The van der Waals surface area contributed by atoms with Gasteiger partial charge in [-0.25, -0.2) is 4.98 Å². The Hall–Kier alpha value is -2.96. The van der Waals surface area contributed by atoms with E-state index in [0.29, 0.717) is 30.3 Å². The lowest BCUT2D eigenvalue weighted by atomic mass is 9.92. The Morgan fingerprint density at radius 2 is 1.93 bits per heavy atom. The molecule has 0 aliphatic carbocycles. The number of aryl methyl sites for hydroxylation is 1. The molecule has 3 rings (SSSR count). The van der Waals surface area contributed by atoms with Crippen LogP contribution in [0.1, 0.15) is 51.5 Å². The van der Waals surface area contributed by atoms with Gasteiger partial charge >= 0.3 is 5.69 Å². The van der Waals surface area contributed by atoms with E-state index in [1.165, 1.54) is 18.9 Å². The number of carbonyl (C=O) groups is 1. The molecular formula is C23H29N3O4. The zero-order chi connectivity index (χ0) is 21.5. The van der Waals surface area contributed by atoms with Gasteiger partial charge in [0, 0.05) is 31.8 Å². The monoisotopic (exact) mass is 411 g/mol. The summed E-state index contributed by atoms with van der Waals surface area (Å²) >= 11 is 0. The first-order valence-corrected chi connectivity index (χ1v) is 10.6.